The summed E-state index contributed by atoms with van der Waals surface area (Å²) in [6.45, 7) is 5.69. The molecule has 63 heavy (non-hydrogen) atoms. The number of ketones is 3. The minimum Gasteiger partial charge on any atom is -0.461 e. The molecule has 0 amide bonds. The Labute approximate surface area is 365 Å². The normalized spacial score (nSPS) is 33.1. The Kier molecular flexibility index (Phi) is 11.5. The van der Waals surface area contributed by atoms with E-state index in [0.29, 0.717) is 5.56 Å². The molecule has 0 spiro atoms. The fourth-order valence-electron chi connectivity index (χ4n) is 11.7. The highest BCUT2D eigenvalue weighted by molar-refractivity contribution is 6.01. The summed E-state index contributed by atoms with van der Waals surface area (Å²) in [5.74, 6) is -5.58. The Morgan fingerprint density at radius 2 is 1.63 bits per heavy atom. The van der Waals surface area contributed by atoms with E-state index in [1.165, 1.54) is 19.1 Å². The zero-order valence-electron chi connectivity index (χ0n) is 36.4. The standard InChI is InChI=1S/C49H54F2N2O10/c1-45(2)62-41-23-34-35-22-37(50)36-21-33(54)15-17-46(36,3)48(35,51)39(56)24-47(34,4)49(41,63-45)40(57)27-61-43(59)14-13-42(58)60-26-28-7-10-30(11-8-28)44(53(5)6)38(55)20-29-9-12-32-25-52-18-16-31(32)19-29/h7-12,15-19,21,25,34-35,37,39,41,44,56H,13-14,20,22-24,26-27H2,1-6H3/t34-,35-,37-,39-,41+,44?,46-,47-,48-,49+/m0/s1. The number of aliphatic hydroxyl groups excluding tert-OH is 1. The Morgan fingerprint density at radius 3 is 2.35 bits per heavy atom. The van der Waals surface area contributed by atoms with Crippen molar-refractivity contribution in [1.29, 1.82) is 0 Å². The number of esters is 2. The quantitative estimate of drug-likeness (QED) is 0.189. The Hall–Kier alpha value is -5.02. The summed E-state index contributed by atoms with van der Waals surface area (Å²) in [6.07, 6.45) is 2.06. The summed E-state index contributed by atoms with van der Waals surface area (Å²) in [5.41, 5.74) is -4.64. The average molecular weight is 869 g/mol. The van der Waals surface area contributed by atoms with Gasteiger partial charge in [0.2, 0.25) is 5.78 Å². The molecule has 10 atom stereocenters. The highest BCUT2D eigenvalue weighted by Gasteiger charge is 2.80. The predicted octanol–water partition coefficient (Wildman–Crippen LogP) is 6.40. The fourth-order valence-corrected chi connectivity index (χ4v) is 11.7. The molecule has 1 unspecified atom stereocenters. The third-order valence-electron chi connectivity index (χ3n) is 14.5. The van der Waals surface area contributed by atoms with E-state index < -0.39 is 94.3 Å². The predicted molar refractivity (Wildman–Crippen MR) is 225 cm³/mol. The van der Waals surface area contributed by atoms with Crippen LogP contribution < -0.4 is 0 Å². The van der Waals surface area contributed by atoms with Crippen LogP contribution in [0.5, 0.6) is 0 Å². The van der Waals surface area contributed by atoms with Gasteiger partial charge in [0.25, 0.3) is 0 Å². The van der Waals surface area contributed by atoms with E-state index in [2.05, 4.69) is 4.98 Å². The zero-order chi connectivity index (χ0) is 45.3. The number of fused-ring (bicyclic) bond motifs is 8. The summed E-state index contributed by atoms with van der Waals surface area (Å²) in [5, 5.41) is 13.8. The van der Waals surface area contributed by atoms with Gasteiger partial charge in [-0.1, -0.05) is 55.5 Å². The first kappa shape index (κ1) is 44.6. The van der Waals surface area contributed by atoms with Gasteiger partial charge in [-0.15, -0.1) is 0 Å². The molecule has 1 saturated heterocycles. The van der Waals surface area contributed by atoms with Crippen LogP contribution >= 0.6 is 0 Å². The number of rotatable bonds is 13. The number of allylic oxidation sites excluding steroid dienone is 4. The number of carbonyl (C=O) groups is 5. The van der Waals surface area contributed by atoms with E-state index in [1.54, 1.807) is 45.3 Å². The fraction of sp³-hybridized carbons (Fsp3) is 0.510. The molecule has 8 rings (SSSR count). The molecule has 0 bridgehead atoms. The second-order valence-electron chi connectivity index (χ2n) is 19.0. The maximum absolute atomic E-state index is 17.7. The van der Waals surface area contributed by atoms with Crippen LogP contribution in [0.25, 0.3) is 10.8 Å². The topological polar surface area (TPSA) is 159 Å². The van der Waals surface area contributed by atoms with Gasteiger partial charge in [-0.25, -0.2) is 8.78 Å². The molecule has 2 heterocycles. The van der Waals surface area contributed by atoms with Gasteiger partial charge in [0.1, 0.15) is 12.8 Å². The van der Waals surface area contributed by atoms with E-state index >= 15 is 8.78 Å². The lowest BCUT2D eigenvalue weighted by atomic mass is 9.44. The van der Waals surface area contributed by atoms with Gasteiger partial charge < -0.3 is 24.1 Å². The second-order valence-corrected chi connectivity index (χ2v) is 19.0. The molecule has 1 aliphatic heterocycles. The SMILES string of the molecule is CN(C)C(C(=O)Cc1ccc2cnccc2c1)c1ccc(COC(=O)CCC(=O)OCC(=O)[C@@]23OC(C)(C)O[C@@H]2C[C@H]2[C@@H]4C[C@H](F)C5=CC(=O)C=C[C@]5(C)[C@@]4(F)[C@@H](O)C[C@@]23C)cc1. The third kappa shape index (κ3) is 7.46. The Bertz CT molecular complexity index is 2420. The highest BCUT2D eigenvalue weighted by atomic mass is 19.1. The van der Waals surface area contributed by atoms with Gasteiger partial charge in [-0.2, -0.15) is 0 Å². The van der Waals surface area contributed by atoms with Crippen LogP contribution in [0.15, 0.2) is 84.7 Å². The van der Waals surface area contributed by atoms with E-state index in [4.69, 9.17) is 18.9 Å². The number of Topliss-reactive ketones (excluding diaryl/α,β-unsaturated/α-hetero) is 2. The lowest BCUT2D eigenvalue weighted by molar-refractivity contribution is -0.249. The molecule has 334 valence electrons. The summed E-state index contributed by atoms with van der Waals surface area (Å²) in [6, 6.07) is 14.5. The number of alkyl halides is 2. The number of ether oxygens (including phenoxy) is 4. The minimum absolute atomic E-state index is 0.00543. The number of hydrogen-bond acceptors (Lipinski definition) is 12. The Morgan fingerprint density at radius 1 is 0.937 bits per heavy atom. The molecule has 14 heteroatoms. The molecule has 4 aliphatic carbocycles. The number of hydrogen-bond donors (Lipinski definition) is 1. The molecular formula is C49H54F2N2O10. The van der Waals surface area contributed by atoms with Crippen LogP contribution in [0.3, 0.4) is 0 Å². The largest absolute Gasteiger partial charge is 0.461 e. The third-order valence-corrected chi connectivity index (χ3v) is 14.5. The van der Waals surface area contributed by atoms with Crippen molar-refractivity contribution >= 4 is 40.1 Å². The summed E-state index contributed by atoms with van der Waals surface area (Å²) in [7, 11) is 3.68. The van der Waals surface area contributed by atoms with Gasteiger partial charge in [-0.3, -0.25) is 33.9 Å². The molecule has 3 aromatic rings. The van der Waals surface area contributed by atoms with Crippen molar-refractivity contribution in [3.8, 4) is 0 Å². The highest BCUT2D eigenvalue weighted by Crippen LogP contribution is 2.72. The van der Waals surface area contributed by atoms with Crippen LogP contribution in [-0.2, 0) is 55.9 Å². The number of nitrogens with zero attached hydrogens (tertiary/aromatic N) is 2. The van der Waals surface area contributed by atoms with Crippen LogP contribution in [-0.4, -0.2) is 100 Å². The van der Waals surface area contributed by atoms with Crippen molar-refractivity contribution < 1.29 is 56.8 Å². The minimum atomic E-state index is -2.36. The molecule has 12 nitrogen and oxygen atoms in total. The van der Waals surface area contributed by atoms with Gasteiger partial charge in [0.05, 0.1) is 31.1 Å². The van der Waals surface area contributed by atoms with E-state index in [1.807, 2.05) is 55.4 Å². The van der Waals surface area contributed by atoms with Crippen molar-refractivity contribution in [3.05, 3.63) is 101 Å². The number of likely N-dealkylation sites (N-methyl/N-ethyl adjacent to an activating group) is 1. The maximum atomic E-state index is 17.7. The van der Waals surface area contributed by atoms with E-state index in [9.17, 15) is 29.1 Å². The van der Waals surface area contributed by atoms with Crippen LogP contribution in [0.1, 0.15) is 82.5 Å². The molecule has 3 saturated carbocycles. The first-order chi connectivity index (χ1) is 29.7. The van der Waals surface area contributed by atoms with Crippen molar-refractivity contribution in [2.24, 2.45) is 22.7 Å². The number of pyridine rings is 1. The number of carbonyl (C=O) groups excluding carboxylic acids is 5. The lowest BCUT2D eigenvalue weighted by Gasteiger charge is -2.63. The number of benzene rings is 2. The van der Waals surface area contributed by atoms with Crippen molar-refractivity contribution in [2.75, 3.05) is 20.7 Å². The van der Waals surface area contributed by atoms with Gasteiger partial charge in [-0.05, 0) is 106 Å². The van der Waals surface area contributed by atoms with Crippen molar-refractivity contribution in [1.82, 2.24) is 9.88 Å². The molecule has 4 fully saturated rings. The van der Waals surface area contributed by atoms with Crippen LogP contribution in [0, 0.1) is 22.7 Å². The molecule has 1 N–H and O–H groups in total. The van der Waals surface area contributed by atoms with Crippen molar-refractivity contribution in [3.63, 3.8) is 0 Å². The smallest absolute Gasteiger partial charge is 0.306 e. The number of aromatic nitrogens is 1. The number of aliphatic hydroxyl groups is 1. The van der Waals surface area contributed by atoms with Crippen molar-refractivity contribution in [2.45, 2.75) is 114 Å². The zero-order valence-corrected chi connectivity index (χ0v) is 36.4. The molecule has 5 aliphatic rings. The molecule has 2 aromatic carbocycles. The molecule has 0 radical (unpaired) electrons. The maximum Gasteiger partial charge on any atom is 0.306 e. The first-order valence-electron chi connectivity index (χ1n) is 21.5. The summed E-state index contributed by atoms with van der Waals surface area (Å²) >= 11 is 0. The van der Waals surface area contributed by atoms with Gasteiger partial charge >= 0.3 is 11.9 Å². The summed E-state index contributed by atoms with van der Waals surface area (Å²) in [4.78, 5) is 71.8. The second kappa shape index (κ2) is 16.2. The van der Waals surface area contributed by atoms with E-state index in [-0.39, 0.29) is 56.5 Å². The molecule has 1 aromatic heterocycles. The first-order valence-corrected chi connectivity index (χ1v) is 21.5. The van der Waals surface area contributed by atoms with Gasteiger partial charge in [0, 0.05) is 40.9 Å². The monoisotopic (exact) mass is 868 g/mol. The van der Waals surface area contributed by atoms with Crippen LogP contribution in [0.2, 0.25) is 0 Å². The summed E-state index contributed by atoms with van der Waals surface area (Å²) < 4.78 is 57.3. The van der Waals surface area contributed by atoms with Gasteiger partial charge in [0.15, 0.2) is 35.2 Å². The molecular weight excluding hydrogens is 815 g/mol. The number of halogens is 2. The average Bonchev–Trinajstić information content (AvgIpc) is 3.65. The lowest BCUT2D eigenvalue weighted by Crippen LogP contribution is -2.71. The van der Waals surface area contributed by atoms with Crippen LogP contribution in [0.4, 0.5) is 8.78 Å². The van der Waals surface area contributed by atoms with E-state index in [0.717, 1.165) is 28.0 Å². The Balaban J connectivity index is 0.865.